The van der Waals surface area contributed by atoms with E-state index in [0.717, 1.165) is 12.4 Å². The van der Waals surface area contributed by atoms with Gasteiger partial charge in [-0.2, -0.15) is 0 Å². The number of benzene rings is 1. The van der Waals surface area contributed by atoms with E-state index in [1.807, 2.05) is 0 Å². The summed E-state index contributed by atoms with van der Waals surface area (Å²) in [7, 11) is 0. The van der Waals surface area contributed by atoms with Crippen molar-refractivity contribution >= 4 is 17.3 Å². The van der Waals surface area contributed by atoms with Gasteiger partial charge in [0.15, 0.2) is 11.6 Å². The van der Waals surface area contributed by atoms with E-state index in [0.29, 0.717) is 6.07 Å². The molecule has 0 aliphatic rings. The van der Waals surface area contributed by atoms with Gasteiger partial charge >= 0.3 is 0 Å². The molecule has 2 rings (SSSR count). The molecule has 0 bridgehead atoms. The van der Waals surface area contributed by atoms with Crippen LogP contribution in [0.4, 0.5) is 30.5 Å². The van der Waals surface area contributed by atoms with Crippen LogP contribution in [0, 0.1) is 17.5 Å². The molecule has 0 fully saturated rings. The van der Waals surface area contributed by atoms with Gasteiger partial charge in [0, 0.05) is 18.2 Å². The van der Waals surface area contributed by atoms with Gasteiger partial charge in [0.05, 0.1) is 5.69 Å². The van der Waals surface area contributed by atoms with Crippen LogP contribution in [0.15, 0.2) is 24.5 Å². The van der Waals surface area contributed by atoms with E-state index in [2.05, 4.69) is 15.3 Å². The topological polar surface area (TPSA) is 63.8 Å². The lowest BCUT2D eigenvalue weighted by Crippen LogP contribution is -2.01. The summed E-state index contributed by atoms with van der Waals surface area (Å²) in [6.45, 7) is 0. The summed E-state index contributed by atoms with van der Waals surface area (Å²) in [4.78, 5) is 7.35. The monoisotopic (exact) mass is 240 g/mol. The predicted octanol–water partition coefficient (Wildman–Crippen LogP) is 2.22. The zero-order valence-electron chi connectivity index (χ0n) is 8.42. The van der Waals surface area contributed by atoms with Crippen molar-refractivity contribution in [3.63, 3.8) is 0 Å². The summed E-state index contributed by atoms with van der Waals surface area (Å²) >= 11 is 0. The zero-order chi connectivity index (χ0) is 12.4. The molecule has 0 aliphatic carbocycles. The van der Waals surface area contributed by atoms with E-state index >= 15 is 0 Å². The van der Waals surface area contributed by atoms with Crippen molar-refractivity contribution in [2.75, 3.05) is 11.1 Å². The van der Waals surface area contributed by atoms with Gasteiger partial charge in [0.25, 0.3) is 0 Å². The first-order chi connectivity index (χ1) is 8.06. The molecule has 4 nitrogen and oxygen atoms in total. The fourth-order valence-corrected chi connectivity index (χ4v) is 1.23. The predicted molar refractivity (Wildman–Crippen MR) is 56.0 cm³/mol. The Morgan fingerprint density at radius 1 is 1.06 bits per heavy atom. The quantitative estimate of drug-likeness (QED) is 0.790. The fraction of sp³-hybridized carbons (Fsp3) is 0. The summed E-state index contributed by atoms with van der Waals surface area (Å²) in [6, 6.07) is 2.58. The third-order valence-corrected chi connectivity index (χ3v) is 1.94. The third-order valence-electron chi connectivity index (χ3n) is 1.94. The molecule has 0 saturated carbocycles. The smallest absolute Gasteiger partial charge is 0.182 e. The molecule has 88 valence electrons. The Balaban J connectivity index is 2.36. The maximum atomic E-state index is 13.3. The Kier molecular flexibility index (Phi) is 2.82. The van der Waals surface area contributed by atoms with Crippen LogP contribution in [0.5, 0.6) is 0 Å². The van der Waals surface area contributed by atoms with E-state index in [4.69, 9.17) is 5.73 Å². The summed E-state index contributed by atoms with van der Waals surface area (Å²) in [6.07, 6.45) is 1.14. The molecule has 2 aromatic rings. The van der Waals surface area contributed by atoms with Crippen LogP contribution in [0.25, 0.3) is 0 Å². The molecule has 17 heavy (non-hydrogen) atoms. The number of nitrogen functional groups attached to an aromatic ring is 1. The number of anilines is 3. The van der Waals surface area contributed by atoms with E-state index in [1.54, 1.807) is 0 Å². The van der Waals surface area contributed by atoms with Gasteiger partial charge in [0.1, 0.15) is 23.8 Å². The van der Waals surface area contributed by atoms with Gasteiger partial charge in [-0.25, -0.2) is 23.1 Å². The first kappa shape index (κ1) is 11.2. The highest BCUT2D eigenvalue weighted by Crippen LogP contribution is 2.22. The molecular weight excluding hydrogens is 233 g/mol. The highest BCUT2D eigenvalue weighted by atomic mass is 19.2. The lowest BCUT2D eigenvalue weighted by molar-refractivity contribution is 0.498. The minimum atomic E-state index is -1.28. The van der Waals surface area contributed by atoms with Gasteiger partial charge in [-0.1, -0.05) is 0 Å². The Bertz CT molecular complexity index is 559. The highest BCUT2D eigenvalue weighted by Gasteiger charge is 2.11. The Hall–Kier alpha value is -2.31. The van der Waals surface area contributed by atoms with Crippen molar-refractivity contribution in [3.8, 4) is 0 Å². The van der Waals surface area contributed by atoms with Crippen LogP contribution in [-0.2, 0) is 0 Å². The summed E-state index contributed by atoms with van der Waals surface area (Å²) < 4.78 is 39.1. The number of nitrogens with two attached hydrogens (primary N) is 1. The number of hydrogen-bond acceptors (Lipinski definition) is 4. The maximum Gasteiger partial charge on any atom is 0.182 e. The van der Waals surface area contributed by atoms with Crippen LogP contribution < -0.4 is 11.1 Å². The Labute approximate surface area is 94.3 Å². The number of rotatable bonds is 2. The molecule has 1 aromatic carbocycles. The average molecular weight is 240 g/mol. The van der Waals surface area contributed by atoms with E-state index in [9.17, 15) is 13.2 Å². The molecule has 0 radical (unpaired) electrons. The second kappa shape index (κ2) is 4.28. The minimum Gasteiger partial charge on any atom is -0.384 e. The standard InChI is InChI=1S/C10H7F3N4/c11-5-1-6(12)10(13)7(2-5)17-9-3-8(14)15-4-16-9/h1-4H,(H3,14,15,16,17). The lowest BCUT2D eigenvalue weighted by Gasteiger charge is -2.07. The van der Waals surface area contributed by atoms with Gasteiger partial charge in [-0.3, -0.25) is 0 Å². The van der Waals surface area contributed by atoms with Crippen LogP contribution in [0.2, 0.25) is 0 Å². The van der Waals surface area contributed by atoms with Crippen LogP contribution in [0.3, 0.4) is 0 Å². The molecule has 7 heteroatoms. The van der Waals surface area contributed by atoms with Crippen molar-refractivity contribution in [2.24, 2.45) is 0 Å². The van der Waals surface area contributed by atoms with Crippen LogP contribution in [-0.4, -0.2) is 9.97 Å². The lowest BCUT2D eigenvalue weighted by atomic mass is 10.3. The minimum absolute atomic E-state index is 0.140. The number of hydrogen-bond donors (Lipinski definition) is 2. The first-order valence-corrected chi connectivity index (χ1v) is 4.55. The molecule has 1 heterocycles. The second-order valence-corrected chi connectivity index (χ2v) is 3.20. The molecule has 0 unspecified atom stereocenters. The molecule has 0 amide bonds. The van der Waals surface area contributed by atoms with E-state index < -0.39 is 17.5 Å². The Morgan fingerprint density at radius 2 is 1.82 bits per heavy atom. The summed E-state index contributed by atoms with van der Waals surface area (Å²) in [5.41, 5.74) is 5.02. The van der Waals surface area contributed by atoms with Crippen LogP contribution in [0.1, 0.15) is 0 Å². The summed E-state index contributed by atoms with van der Waals surface area (Å²) in [5, 5.41) is 2.41. The molecule has 0 saturated heterocycles. The second-order valence-electron chi connectivity index (χ2n) is 3.20. The van der Waals surface area contributed by atoms with Crippen molar-refractivity contribution in [2.45, 2.75) is 0 Å². The van der Waals surface area contributed by atoms with Crippen molar-refractivity contribution in [1.82, 2.24) is 9.97 Å². The number of aromatic nitrogens is 2. The van der Waals surface area contributed by atoms with Crippen LogP contribution >= 0.6 is 0 Å². The Morgan fingerprint density at radius 3 is 2.53 bits per heavy atom. The van der Waals surface area contributed by atoms with E-state index in [1.165, 1.54) is 6.07 Å². The average Bonchev–Trinajstić information content (AvgIpc) is 2.25. The van der Waals surface area contributed by atoms with Crippen molar-refractivity contribution in [3.05, 3.63) is 42.0 Å². The molecular formula is C10H7F3N4. The van der Waals surface area contributed by atoms with E-state index in [-0.39, 0.29) is 17.3 Å². The van der Waals surface area contributed by atoms with Crippen molar-refractivity contribution in [1.29, 1.82) is 0 Å². The maximum absolute atomic E-state index is 13.3. The number of nitrogens with zero attached hydrogens (tertiary/aromatic N) is 2. The summed E-state index contributed by atoms with van der Waals surface area (Å²) in [5.74, 6) is -3.08. The zero-order valence-corrected chi connectivity index (χ0v) is 8.42. The SMILES string of the molecule is Nc1cc(Nc2cc(F)cc(F)c2F)ncn1. The fourth-order valence-electron chi connectivity index (χ4n) is 1.23. The number of nitrogens with one attached hydrogen (secondary N) is 1. The molecule has 1 aromatic heterocycles. The third kappa shape index (κ3) is 2.44. The first-order valence-electron chi connectivity index (χ1n) is 4.55. The largest absolute Gasteiger partial charge is 0.384 e. The molecule has 0 aliphatic heterocycles. The molecule has 0 atom stereocenters. The molecule has 3 N–H and O–H groups in total. The van der Waals surface area contributed by atoms with Crippen molar-refractivity contribution < 1.29 is 13.2 Å². The molecule has 0 spiro atoms. The van der Waals surface area contributed by atoms with Gasteiger partial charge < -0.3 is 11.1 Å². The van der Waals surface area contributed by atoms with Gasteiger partial charge in [0.2, 0.25) is 0 Å². The number of halogens is 3. The highest BCUT2D eigenvalue weighted by molar-refractivity contribution is 5.58. The van der Waals surface area contributed by atoms with Gasteiger partial charge in [-0.15, -0.1) is 0 Å². The normalized spacial score (nSPS) is 10.3. The van der Waals surface area contributed by atoms with Gasteiger partial charge in [-0.05, 0) is 0 Å².